The van der Waals surface area contributed by atoms with Crippen LogP contribution in [0.2, 0.25) is 0 Å². The predicted molar refractivity (Wildman–Crippen MR) is 172 cm³/mol. The Labute approximate surface area is 234 Å². The lowest BCUT2D eigenvalue weighted by atomic mass is 9.70. The maximum absolute atomic E-state index is 2.71. The minimum atomic E-state index is -2.51. The monoisotopic (exact) mass is 524 g/mol. The van der Waals surface area contributed by atoms with Crippen LogP contribution in [0.4, 0.5) is 0 Å². The molecule has 0 fully saturated rings. The fourth-order valence-corrected chi connectivity index (χ4v) is 11.2. The molecule has 3 rings (SSSR count). The van der Waals surface area contributed by atoms with Crippen LogP contribution in [0.15, 0.2) is 102 Å². The number of rotatable bonds is 16. The maximum Gasteiger partial charge on any atom is 0.338 e. The molecule has 38 heavy (non-hydrogen) atoms. The molecule has 0 unspecified atom stereocenters. The van der Waals surface area contributed by atoms with Gasteiger partial charge in [-0.25, -0.2) is 0 Å². The number of benzene rings is 3. The molecule has 0 atom stereocenters. The van der Waals surface area contributed by atoms with Gasteiger partial charge < -0.3 is 9.62 Å². The Morgan fingerprint density at radius 3 is 1.32 bits per heavy atom. The van der Waals surface area contributed by atoms with Gasteiger partial charge in [0.15, 0.2) is 8.07 Å². The van der Waals surface area contributed by atoms with Gasteiger partial charge in [-0.15, -0.1) is 0 Å². The molecule has 0 amide bonds. The highest BCUT2D eigenvalue weighted by molar-refractivity contribution is 7.16. The van der Waals surface area contributed by atoms with E-state index >= 15 is 0 Å². The van der Waals surface area contributed by atoms with E-state index in [0.717, 1.165) is 32.6 Å². The summed E-state index contributed by atoms with van der Waals surface area (Å²) < 4.78 is 0. The quantitative estimate of drug-likeness (QED) is 0.123. The Bertz CT molecular complexity index is 955. The van der Waals surface area contributed by atoms with Crippen LogP contribution < -0.4 is 15.6 Å². The van der Waals surface area contributed by atoms with Gasteiger partial charge in [-0.05, 0) is 54.6 Å². The molecular weight excluding hydrogens is 475 g/mol. The van der Waals surface area contributed by atoms with E-state index in [2.05, 4.69) is 141 Å². The van der Waals surface area contributed by atoms with E-state index in [0.29, 0.717) is 6.98 Å². The molecule has 4 heteroatoms. The molecule has 0 spiro atoms. The van der Waals surface area contributed by atoms with Crippen LogP contribution in [0.1, 0.15) is 66.7 Å². The van der Waals surface area contributed by atoms with Gasteiger partial charge in [0.1, 0.15) is 0 Å². The van der Waals surface area contributed by atoms with Crippen molar-refractivity contribution >= 4 is 30.6 Å². The van der Waals surface area contributed by atoms with Crippen molar-refractivity contribution in [2.24, 2.45) is 0 Å². The summed E-state index contributed by atoms with van der Waals surface area (Å²) in [4.78, 5) is 5.28. The highest BCUT2D eigenvalue weighted by Crippen LogP contribution is 2.25. The Kier molecular flexibility index (Phi) is 12.6. The molecule has 0 aromatic heterocycles. The van der Waals surface area contributed by atoms with E-state index in [-0.39, 0.29) is 0 Å². The van der Waals surface area contributed by atoms with Crippen LogP contribution in [0.3, 0.4) is 0 Å². The molecule has 0 saturated heterocycles. The van der Waals surface area contributed by atoms with Gasteiger partial charge in [-0.3, -0.25) is 0 Å². The van der Waals surface area contributed by atoms with Gasteiger partial charge >= 0.3 is 6.98 Å². The summed E-state index contributed by atoms with van der Waals surface area (Å²) in [5.74, 6) is 2.71. The number of hydrogen-bond donors (Lipinski definition) is 0. The highest BCUT2D eigenvalue weighted by atomic mass is 28.3. The summed E-state index contributed by atoms with van der Waals surface area (Å²) in [7, 11) is -2.51. The van der Waals surface area contributed by atoms with Crippen LogP contribution in [0.25, 0.3) is 0 Å². The van der Waals surface area contributed by atoms with Crippen LogP contribution >= 0.6 is 0 Å². The second-order valence-electron chi connectivity index (χ2n) is 10.2. The van der Waals surface area contributed by atoms with Gasteiger partial charge in [0, 0.05) is 0 Å². The third-order valence-electron chi connectivity index (χ3n) is 8.12. The van der Waals surface area contributed by atoms with E-state index in [1.54, 1.807) is 5.20 Å². The van der Waals surface area contributed by atoms with Crippen molar-refractivity contribution in [2.75, 3.05) is 26.2 Å². The SMILES string of the molecule is CCCCCC/C(=C/B(N(CC)CC)N(CC)CC)[Si](c1ccccc1)(c1ccccc1)c1ccccc1. The predicted octanol–water partition coefficient (Wildman–Crippen LogP) is 6.30. The van der Waals surface area contributed by atoms with Crippen molar-refractivity contribution in [3.63, 3.8) is 0 Å². The molecule has 0 N–H and O–H groups in total. The second kappa shape index (κ2) is 15.9. The van der Waals surface area contributed by atoms with E-state index in [1.807, 2.05) is 0 Å². The molecule has 202 valence electrons. The Balaban J connectivity index is 2.39. The van der Waals surface area contributed by atoms with Crippen molar-refractivity contribution in [3.05, 3.63) is 102 Å². The maximum atomic E-state index is 2.71. The van der Waals surface area contributed by atoms with Crippen molar-refractivity contribution in [2.45, 2.75) is 66.7 Å². The normalized spacial score (nSPS) is 12.3. The van der Waals surface area contributed by atoms with E-state index < -0.39 is 8.07 Å². The van der Waals surface area contributed by atoms with Crippen LogP contribution in [-0.4, -0.2) is 50.9 Å². The van der Waals surface area contributed by atoms with Crippen LogP contribution in [0.5, 0.6) is 0 Å². The molecule has 3 aromatic carbocycles. The molecule has 0 saturated carbocycles. The number of hydrogen-bond acceptors (Lipinski definition) is 2. The lowest BCUT2D eigenvalue weighted by Gasteiger charge is -2.39. The third kappa shape index (κ3) is 6.97. The van der Waals surface area contributed by atoms with Gasteiger partial charge in [-0.1, -0.05) is 156 Å². The largest absolute Gasteiger partial charge is 0.338 e. The Morgan fingerprint density at radius 2 is 0.974 bits per heavy atom. The third-order valence-corrected chi connectivity index (χ3v) is 13.1. The summed E-state index contributed by atoms with van der Waals surface area (Å²) in [5, 5.41) is 6.10. The zero-order valence-electron chi connectivity index (χ0n) is 24.6. The topological polar surface area (TPSA) is 6.48 Å². The Hall–Kier alpha value is -2.40. The molecule has 0 aliphatic carbocycles. The fraction of sp³-hybridized carbons (Fsp3) is 0.412. The minimum Gasteiger partial charge on any atom is -0.325 e. The first-order valence-electron chi connectivity index (χ1n) is 15.0. The van der Waals surface area contributed by atoms with E-state index in [9.17, 15) is 0 Å². The van der Waals surface area contributed by atoms with Gasteiger partial charge in [-0.2, -0.15) is 0 Å². The molecule has 0 bridgehead atoms. The van der Waals surface area contributed by atoms with Crippen molar-refractivity contribution in [1.82, 2.24) is 9.62 Å². The second-order valence-corrected chi connectivity index (χ2v) is 14.1. The molecule has 0 aliphatic rings. The van der Waals surface area contributed by atoms with E-state index in [4.69, 9.17) is 0 Å². The first-order valence-corrected chi connectivity index (χ1v) is 17.0. The smallest absolute Gasteiger partial charge is 0.325 e. The standard InChI is InChI=1S/C34H49BN2Si/c1-6-11-12-16-29-34(30-35(36(7-2)8-3)37(9-4)10-5)38(31-23-17-13-18-24-31,32-25-19-14-20-26-32)33-27-21-15-22-28-33/h13-15,17-28,30H,6-12,16,29H2,1-5H3/b34-30-. The summed E-state index contributed by atoms with van der Waals surface area (Å²) in [6.07, 6.45) is 6.24. The zero-order chi connectivity index (χ0) is 27.2. The summed E-state index contributed by atoms with van der Waals surface area (Å²) in [5.41, 5.74) is 0. The van der Waals surface area contributed by atoms with Crippen LogP contribution in [0, 0.1) is 0 Å². The summed E-state index contributed by atoms with van der Waals surface area (Å²) in [6, 6.07) is 34.3. The van der Waals surface area contributed by atoms with Crippen molar-refractivity contribution in [1.29, 1.82) is 0 Å². The number of nitrogens with zero attached hydrogens (tertiary/aromatic N) is 2. The number of allylic oxidation sites excluding steroid dienone is 1. The Morgan fingerprint density at radius 1 is 0.579 bits per heavy atom. The average Bonchev–Trinajstić information content (AvgIpc) is 2.98. The molecular formula is C34H49BN2Si. The van der Waals surface area contributed by atoms with Crippen LogP contribution in [-0.2, 0) is 0 Å². The first-order chi connectivity index (χ1) is 18.7. The average molecular weight is 525 g/mol. The molecule has 0 aliphatic heterocycles. The minimum absolute atomic E-state index is 0.296. The van der Waals surface area contributed by atoms with E-state index in [1.165, 1.54) is 41.2 Å². The number of unbranched alkanes of at least 4 members (excludes halogenated alkanes) is 3. The lowest BCUT2D eigenvalue weighted by Crippen LogP contribution is -2.69. The van der Waals surface area contributed by atoms with Gasteiger partial charge in [0.2, 0.25) is 0 Å². The first kappa shape index (κ1) is 30.1. The molecule has 0 radical (unpaired) electrons. The summed E-state index contributed by atoms with van der Waals surface area (Å²) in [6.45, 7) is 16.0. The molecule has 0 heterocycles. The lowest BCUT2D eigenvalue weighted by molar-refractivity contribution is 0.387. The van der Waals surface area contributed by atoms with Crippen molar-refractivity contribution in [3.8, 4) is 0 Å². The molecule has 3 aromatic rings. The van der Waals surface area contributed by atoms with Crippen molar-refractivity contribution < 1.29 is 0 Å². The zero-order valence-corrected chi connectivity index (χ0v) is 25.6. The molecule has 2 nitrogen and oxygen atoms in total. The fourth-order valence-electron chi connectivity index (χ4n) is 6.08. The van der Waals surface area contributed by atoms with Gasteiger partial charge in [0.25, 0.3) is 0 Å². The highest BCUT2D eigenvalue weighted by Gasteiger charge is 2.43. The van der Waals surface area contributed by atoms with Gasteiger partial charge in [0.05, 0.1) is 0 Å². The summed E-state index contributed by atoms with van der Waals surface area (Å²) >= 11 is 0.